The van der Waals surface area contributed by atoms with Gasteiger partial charge in [0, 0.05) is 24.4 Å². The van der Waals surface area contributed by atoms with Crippen molar-refractivity contribution < 1.29 is 9.53 Å². The van der Waals surface area contributed by atoms with E-state index < -0.39 is 0 Å². The van der Waals surface area contributed by atoms with Crippen molar-refractivity contribution in [2.45, 2.75) is 12.8 Å². The summed E-state index contributed by atoms with van der Waals surface area (Å²) in [5, 5.41) is 0. The monoisotopic (exact) mass is 305 g/mol. The Morgan fingerprint density at radius 1 is 0.957 bits per heavy atom. The molecule has 0 radical (unpaired) electrons. The van der Waals surface area contributed by atoms with E-state index in [1.165, 1.54) is 18.5 Å². The summed E-state index contributed by atoms with van der Waals surface area (Å²) in [7, 11) is 0. The van der Waals surface area contributed by atoms with Gasteiger partial charge in [-0.2, -0.15) is 0 Å². The Labute approximate surface area is 136 Å². The Kier molecular flexibility index (Phi) is 3.62. The first-order valence-corrected chi connectivity index (χ1v) is 8.13. The fourth-order valence-corrected chi connectivity index (χ4v) is 3.24. The van der Waals surface area contributed by atoms with Gasteiger partial charge in [0.1, 0.15) is 12.4 Å². The molecule has 0 spiro atoms. The Bertz CT molecular complexity index is 755. The van der Waals surface area contributed by atoms with Gasteiger partial charge < -0.3 is 9.64 Å². The number of para-hydroxylation sites is 1. The van der Waals surface area contributed by atoms with Gasteiger partial charge in [-0.05, 0) is 48.7 Å². The van der Waals surface area contributed by atoms with E-state index in [1.807, 2.05) is 30.3 Å². The maximum absolute atomic E-state index is 12.5. The van der Waals surface area contributed by atoms with Crippen LogP contribution in [0.25, 0.3) is 6.08 Å². The number of hydrogen-bond donors (Lipinski definition) is 0. The number of nitrogens with zero attached hydrogens (tertiary/aromatic N) is 1. The van der Waals surface area contributed by atoms with E-state index in [0.717, 1.165) is 18.7 Å². The Morgan fingerprint density at radius 2 is 1.70 bits per heavy atom. The summed E-state index contributed by atoms with van der Waals surface area (Å²) in [5.74, 6) is 0.745. The third-order valence-electron chi connectivity index (χ3n) is 4.51. The summed E-state index contributed by atoms with van der Waals surface area (Å²) >= 11 is 0. The maximum Gasteiger partial charge on any atom is 0.196 e. The Morgan fingerprint density at radius 3 is 2.48 bits per heavy atom. The fraction of sp³-hybridized carbons (Fsp3) is 0.250. The largest absolute Gasteiger partial charge is 0.488 e. The zero-order valence-electron chi connectivity index (χ0n) is 13.0. The van der Waals surface area contributed by atoms with Gasteiger partial charge in [-0.3, -0.25) is 4.79 Å². The number of ether oxygens (including phenoxy) is 1. The number of rotatable bonds is 2. The number of Topliss-reactive ketones (excluding diaryl/α,β-unsaturated/α-hetero) is 1. The summed E-state index contributed by atoms with van der Waals surface area (Å²) in [6.45, 7) is 2.62. The van der Waals surface area contributed by atoms with Gasteiger partial charge in [-0.25, -0.2) is 0 Å². The van der Waals surface area contributed by atoms with Crippen molar-refractivity contribution in [3.63, 3.8) is 0 Å². The molecule has 0 amide bonds. The highest BCUT2D eigenvalue weighted by atomic mass is 16.5. The van der Waals surface area contributed by atoms with E-state index >= 15 is 0 Å². The van der Waals surface area contributed by atoms with Crippen molar-refractivity contribution >= 4 is 17.5 Å². The van der Waals surface area contributed by atoms with Crippen LogP contribution in [0.2, 0.25) is 0 Å². The Balaban J connectivity index is 1.57. The van der Waals surface area contributed by atoms with Crippen molar-refractivity contribution in [1.82, 2.24) is 0 Å². The van der Waals surface area contributed by atoms with E-state index in [2.05, 4.69) is 29.2 Å². The van der Waals surface area contributed by atoms with Crippen LogP contribution in [0.4, 0.5) is 5.69 Å². The first-order chi connectivity index (χ1) is 11.3. The third kappa shape index (κ3) is 2.74. The van der Waals surface area contributed by atoms with Gasteiger partial charge in [-0.1, -0.05) is 24.3 Å². The molecule has 2 heterocycles. The number of anilines is 1. The van der Waals surface area contributed by atoms with Gasteiger partial charge in [0.05, 0.1) is 5.56 Å². The highest BCUT2D eigenvalue weighted by Crippen LogP contribution is 2.28. The molecule has 2 aromatic carbocycles. The van der Waals surface area contributed by atoms with Crippen LogP contribution in [0.5, 0.6) is 5.75 Å². The van der Waals surface area contributed by atoms with E-state index in [9.17, 15) is 4.79 Å². The van der Waals surface area contributed by atoms with E-state index in [-0.39, 0.29) is 5.78 Å². The second kappa shape index (κ2) is 5.92. The molecule has 3 nitrogen and oxygen atoms in total. The van der Waals surface area contributed by atoms with Crippen LogP contribution in [-0.4, -0.2) is 25.5 Å². The van der Waals surface area contributed by atoms with Gasteiger partial charge in [0.25, 0.3) is 0 Å². The van der Waals surface area contributed by atoms with Crippen LogP contribution in [0, 0.1) is 0 Å². The van der Waals surface area contributed by atoms with Gasteiger partial charge in [0.15, 0.2) is 5.78 Å². The molecule has 0 aromatic heterocycles. The van der Waals surface area contributed by atoms with Crippen LogP contribution in [0.3, 0.4) is 0 Å². The van der Waals surface area contributed by atoms with Crippen LogP contribution in [0.15, 0.2) is 54.1 Å². The second-order valence-corrected chi connectivity index (χ2v) is 6.07. The zero-order chi connectivity index (χ0) is 15.6. The molecule has 0 unspecified atom stereocenters. The number of benzene rings is 2. The van der Waals surface area contributed by atoms with Crippen LogP contribution >= 0.6 is 0 Å². The van der Waals surface area contributed by atoms with Crippen molar-refractivity contribution in [1.29, 1.82) is 0 Å². The van der Waals surface area contributed by atoms with Crippen molar-refractivity contribution in [3.05, 3.63) is 65.2 Å². The van der Waals surface area contributed by atoms with Crippen molar-refractivity contribution in [3.8, 4) is 5.75 Å². The quantitative estimate of drug-likeness (QED) is 0.787. The molecule has 116 valence electrons. The van der Waals surface area contributed by atoms with E-state index in [4.69, 9.17) is 4.74 Å². The minimum atomic E-state index is 0.0652. The predicted octanol–water partition coefficient (Wildman–Crippen LogP) is 3.95. The summed E-state index contributed by atoms with van der Waals surface area (Å²) in [6, 6.07) is 15.9. The number of carbonyl (C=O) groups excluding carboxylic acids is 1. The lowest BCUT2D eigenvalue weighted by atomic mass is 9.98. The van der Waals surface area contributed by atoms with E-state index in [1.54, 1.807) is 0 Å². The van der Waals surface area contributed by atoms with Crippen LogP contribution < -0.4 is 9.64 Å². The van der Waals surface area contributed by atoms with Crippen molar-refractivity contribution in [2.75, 3.05) is 24.6 Å². The van der Waals surface area contributed by atoms with Gasteiger partial charge in [0.2, 0.25) is 0 Å². The summed E-state index contributed by atoms with van der Waals surface area (Å²) in [4.78, 5) is 14.9. The summed E-state index contributed by atoms with van der Waals surface area (Å²) < 4.78 is 5.69. The number of ketones is 1. The van der Waals surface area contributed by atoms with Crippen LogP contribution in [-0.2, 0) is 0 Å². The maximum atomic E-state index is 12.5. The average molecular weight is 305 g/mol. The standard InChI is InChI=1S/C20H19NO2/c22-20-16(14-23-19-6-2-1-5-18(19)20)13-15-7-9-17(10-8-15)21-11-3-4-12-21/h1-2,5-10,13H,3-4,11-12,14H2/b16-13+. The smallest absolute Gasteiger partial charge is 0.196 e. The molecule has 0 N–H and O–H groups in total. The van der Waals surface area contributed by atoms with Crippen molar-refractivity contribution in [2.24, 2.45) is 0 Å². The van der Waals surface area contributed by atoms with Crippen LogP contribution in [0.1, 0.15) is 28.8 Å². The summed E-state index contributed by atoms with van der Waals surface area (Å²) in [5.41, 5.74) is 3.66. The molecule has 23 heavy (non-hydrogen) atoms. The lowest BCUT2D eigenvalue weighted by Crippen LogP contribution is -2.19. The molecular formula is C20H19NO2. The number of fused-ring (bicyclic) bond motifs is 1. The minimum absolute atomic E-state index is 0.0652. The summed E-state index contributed by atoms with van der Waals surface area (Å²) in [6.07, 6.45) is 4.49. The highest BCUT2D eigenvalue weighted by molar-refractivity contribution is 6.14. The van der Waals surface area contributed by atoms with E-state index in [0.29, 0.717) is 23.5 Å². The SMILES string of the molecule is O=C1/C(=C/c2ccc(N3CCCC3)cc2)COc2ccccc21. The zero-order valence-corrected chi connectivity index (χ0v) is 13.0. The molecule has 0 aliphatic carbocycles. The number of carbonyl (C=O) groups is 1. The van der Waals surface area contributed by atoms with Gasteiger partial charge in [-0.15, -0.1) is 0 Å². The lowest BCUT2D eigenvalue weighted by molar-refractivity contribution is 0.100. The molecular weight excluding hydrogens is 286 g/mol. The predicted molar refractivity (Wildman–Crippen MR) is 92.1 cm³/mol. The molecule has 4 rings (SSSR count). The molecule has 0 saturated carbocycles. The molecule has 0 atom stereocenters. The number of hydrogen-bond acceptors (Lipinski definition) is 3. The second-order valence-electron chi connectivity index (χ2n) is 6.07. The lowest BCUT2D eigenvalue weighted by Gasteiger charge is -2.19. The average Bonchev–Trinajstić information content (AvgIpc) is 3.13. The highest BCUT2D eigenvalue weighted by Gasteiger charge is 2.22. The molecule has 0 bridgehead atoms. The fourth-order valence-electron chi connectivity index (χ4n) is 3.24. The third-order valence-corrected chi connectivity index (χ3v) is 4.51. The first kappa shape index (κ1) is 14.1. The molecule has 1 fully saturated rings. The molecule has 2 aliphatic heterocycles. The Hall–Kier alpha value is -2.55. The topological polar surface area (TPSA) is 29.5 Å². The molecule has 2 aromatic rings. The van der Waals surface area contributed by atoms with Gasteiger partial charge >= 0.3 is 0 Å². The first-order valence-electron chi connectivity index (χ1n) is 8.13. The normalized spacial score (nSPS) is 18.9. The minimum Gasteiger partial charge on any atom is -0.488 e. The molecule has 2 aliphatic rings. The molecule has 1 saturated heterocycles. The molecule has 3 heteroatoms.